The molecule has 1 saturated heterocycles. The van der Waals surface area contributed by atoms with Crippen molar-refractivity contribution in [1.82, 2.24) is 5.32 Å². The molecule has 4 nitrogen and oxygen atoms in total. The van der Waals surface area contributed by atoms with E-state index in [1.807, 2.05) is 42.5 Å². The summed E-state index contributed by atoms with van der Waals surface area (Å²) < 4.78 is 11.2. The first-order valence-electron chi connectivity index (χ1n) is 7.06. The maximum atomic E-state index is 10.2. The minimum absolute atomic E-state index is 0.480. The molecule has 112 valence electrons. The van der Waals surface area contributed by atoms with Crippen molar-refractivity contribution in [3.63, 3.8) is 0 Å². The summed E-state index contributed by atoms with van der Waals surface area (Å²) >= 11 is 1.80. The number of ether oxygens (including phenoxy) is 1. The van der Waals surface area contributed by atoms with Gasteiger partial charge in [-0.2, -0.15) is 11.8 Å². The number of thioether (sulfide) groups is 1. The van der Waals surface area contributed by atoms with Crippen molar-refractivity contribution in [2.45, 2.75) is 18.6 Å². The van der Waals surface area contributed by atoms with Crippen molar-refractivity contribution in [2.75, 3.05) is 18.1 Å². The van der Waals surface area contributed by atoms with Gasteiger partial charge in [0.1, 0.15) is 11.5 Å². The van der Waals surface area contributed by atoms with Gasteiger partial charge < -0.3 is 19.6 Å². The first-order chi connectivity index (χ1) is 10.2. The van der Waals surface area contributed by atoms with Crippen LogP contribution in [-0.2, 0) is 6.54 Å². The van der Waals surface area contributed by atoms with Crippen LogP contribution in [0.1, 0.15) is 12.2 Å². The van der Waals surface area contributed by atoms with Gasteiger partial charge in [-0.1, -0.05) is 18.2 Å². The van der Waals surface area contributed by atoms with E-state index in [0.717, 1.165) is 29.4 Å². The Balaban J connectivity index is 1.49. The van der Waals surface area contributed by atoms with Gasteiger partial charge in [-0.15, -0.1) is 0 Å². The number of aliphatic hydroxyl groups is 1. The van der Waals surface area contributed by atoms with E-state index in [1.165, 1.54) is 0 Å². The smallest absolute Gasteiger partial charge is 0.290 e. The van der Waals surface area contributed by atoms with Gasteiger partial charge in [-0.25, -0.2) is 0 Å². The standard InChI is InChI=1S/C16H19NO3S/c18-16(8-9-21-12-16)11-17-10-14-6-7-15(20-14)19-13-4-2-1-3-5-13/h1-7,17-18H,8-12H2/t16-/m1/s1. The van der Waals surface area contributed by atoms with Gasteiger partial charge in [0.2, 0.25) is 0 Å². The van der Waals surface area contributed by atoms with E-state index in [9.17, 15) is 5.11 Å². The maximum absolute atomic E-state index is 10.2. The molecule has 1 aromatic heterocycles. The lowest BCUT2D eigenvalue weighted by Gasteiger charge is -2.21. The number of nitrogens with one attached hydrogen (secondary N) is 1. The van der Waals surface area contributed by atoms with Gasteiger partial charge in [0.25, 0.3) is 5.95 Å². The van der Waals surface area contributed by atoms with Crippen LogP contribution in [-0.4, -0.2) is 28.8 Å². The van der Waals surface area contributed by atoms with Crippen LogP contribution in [0.25, 0.3) is 0 Å². The third-order valence-electron chi connectivity index (χ3n) is 3.43. The second-order valence-electron chi connectivity index (χ2n) is 5.27. The molecule has 0 spiro atoms. The highest BCUT2D eigenvalue weighted by Gasteiger charge is 2.31. The lowest BCUT2D eigenvalue weighted by atomic mass is 10.0. The van der Waals surface area contributed by atoms with Gasteiger partial charge in [0.15, 0.2) is 0 Å². The zero-order valence-electron chi connectivity index (χ0n) is 11.7. The van der Waals surface area contributed by atoms with Crippen molar-refractivity contribution >= 4 is 11.8 Å². The first kappa shape index (κ1) is 14.5. The quantitative estimate of drug-likeness (QED) is 0.859. The summed E-state index contributed by atoms with van der Waals surface area (Å²) in [5, 5.41) is 13.5. The van der Waals surface area contributed by atoms with Crippen LogP contribution in [0.3, 0.4) is 0 Å². The Morgan fingerprint density at radius 2 is 2.10 bits per heavy atom. The lowest BCUT2D eigenvalue weighted by Crippen LogP contribution is -2.40. The van der Waals surface area contributed by atoms with Gasteiger partial charge in [-0.05, 0) is 30.4 Å². The molecule has 2 aromatic rings. The highest BCUT2D eigenvalue weighted by Crippen LogP contribution is 2.27. The SMILES string of the molecule is O[C@@]1(CNCc2ccc(Oc3ccccc3)o2)CCSC1. The van der Waals surface area contributed by atoms with E-state index in [2.05, 4.69) is 5.32 Å². The number of rotatable bonds is 6. The van der Waals surface area contributed by atoms with Crippen LogP contribution in [0.2, 0.25) is 0 Å². The molecule has 0 unspecified atom stereocenters. The van der Waals surface area contributed by atoms with Crippen LogP contribution in [0.4, 0.5) is 0 Å². The molecule has 1 fully saturated rings. The molecule has 1 aromatic carbocycles. The molecule has 3 rings (SSSR count). The first-order valence-corrected chi connectivity index (χ1v) is 8.21. The molecule has 0 amide bonds. The van der Waals surface area contributed by atoms with Crippen molar-refractivity contribution < 1.29 is 14.3 Å². The Labute approximate surface area is 128 Å². The number of hydrogen-bond donors (Lipinski definition) is 2. The van der Waals surface area contributed by atoms with E-state index in [1.54, 1.807) is 11.8 Å². The average Bonchev–Trinajstić information content (AvgIpc) is 3.10. The Bertz CT molecular complexity index is 564. The van der Waals surface area contributed by atoms with E-state index in [4.69, 9.17) is 9.15 Å². The summed E-state index contributed by atoms with van der Waals surface area (Å²) in [5.41, 5.74) is -0.569. The van der Waals surface area contributed by atoms with Crippen LogP contribution in [0, 0.1) is 0 Å². The molecule has 0 saturated carbocycles. The summed E-state index contributed by atoms with van der Waals surface area (Å²) in [4.78, 5) is 0. The number of benzene rings is 1. The second kappa shape index (κ2) is 6.56. The van der Waals surface area contributed by atoms with Gasteiger partial charge in [0.05, 0.1) is 12.1 Å². The molecular weight excluding hydrogens is 286 g/mol. The third kappa shape index (κ3) is 4.03. The zero-order valence-corrected chi connectivity index (χ0v) is 12.6. The number of hydrogen-bond acceptors (Lipinski definition) is 5. The number of para-hydroxylation sites is 1. The fraction of sp³-hybridized carbons (Fsp3) is 0.375. The van der Waals surface area contributed by atoms with Crippen molar-refractivity contribution in [3.8, 4) is 11.7 Å². The molecule has 1 atom stereocenters. The third-order valence-corrected chi connectivity index (χ3v) is 4.67. The molecular formula is C16H19NO3S. The molecule has 0 bridgehead atoms. The van der Waals surface area contributed by atoms with E-state index in [0.29, 0.717) is 19.0 Å². The lowest BCUT2D eigenvalue weighted by molar-refractivity contribution is 0.0669. The molecule has 1 aliphatic heterocycles. The highest BCUT2D eigenvalue weighted by molar-refractivity contribution is 7.99. The Morgan fingerprint density at radius 1 is 1.24 bits per heavy atom. The van der Waals surface area contributed by atoms with Crippen LogP contribution >= 0.6 is 11.8 Å². The van der Waals surface area contributed by atoms with Crippen LogP contribution in [0.5, 0.6) is 11.7 Å². The number of furan rings is 1. The second-order valence-corrected chi connectivity index (χ2v) is 6.37. The monoisotopic (exact) mass is 305 g/mol. The molecule has 1 aliphatic rings. The summed E-state index contributed by atoms with van der Waals surface area (Å²) in [6.45, 7) is 1.18. The van der Waals surface area contributed by atoms with Crippen molar-refractivity contribution in [1.29, 1.82) is 0 Å². The maximum Gasteiger partial charge on any atom is 0.290 e. The molecule has 0 radical (unpaired) electrons. The molecule has 21 heavy (non-hydrogen) atoms. The zero-order chi connectivity index (χ0) is 14.5. The minimum atomic E-state index is -0.569. The Kier molecular flexibility index (Phi) is 4.53. The fourth-order valence-corrected chi connectivity index (χ4v) is 3.56. The van der Waals surface area contributed by atoms with Gasteiger partial charge in [-0.3, -0.25) is 0 Å². The highest BCUT2D eigenvalue weighted by atomic mass is 32.2. The topological polar surface area (TPSA) is 54.6 Å². The van der Waals surface area contributed by atoms with Gasteiger partial charge >= 0.3 is 0 Å². The summed E-state index contributed by atoms with van der Waals surface area (Å²) in [6.07, 6.45) is 0.852. The summed E-state index contributed by atoms with van der Waals surface area (Å²) in [6, 6.07) is 13.2. The van der Waals surface area contributed by atoms with Gasteiger partial charge in [0, 0.05) is 18.4 Å². The van der Waals surface area contributed by atoms with E-state index < -0.39 is 5.60 Å². The predicted molar refractivity (Wildman–Crippen MR) is 83.8 cm³/mol. The largest absolute Gasteiger partial charge is 0.429 e. The normalized spacial score (nSPS) is 21.6. The molecule has 0 aliphatic carbocycles. The Morgan fingerprint density at radius 3 is 2.86 bits per heavy atom. The van der Waals surface area contributed by atoms with E-state index in [-0.39, 0.29) is 0 Å². The van der Waals surface area contributed by atoms with E-state index >= 15 is 0 Å². The molecule has 5 heteroatoms. The van der Waals surface area contributed by atoms with Crippen molar-refractivity contribution in [3.05, 3.63) is 48.2 Å². The van der Waals surface area contributed by atoms with Crippen LogP contribution in [0.15, 0.2) is 46.9 Å². The summed E-state index contributed by atoms with van der Waals surface area (Å²) in [7, 11) is 0. The fourth-order valence-electron chi connectivity index (χ4n) is 2.27. The minimum Gasteiger partial charge on any atom is -0.429 e. The van der Waals surface area contributed by atoms with Crippen molar-refractivity contribution in [2.24, 2.45) is 0 Å². The van der Waals surface area contributed by atoms with Crippen LogP contribution < -0.4 is 10.1 Å². The predicted octanol–water partition coefficient (Wildman–Crippen LogP) is 3.03. The summed E-state index contributed by atoms with van der Waals surface area (Å²) in [5.74, 6) is 3.88. The molecule has 2 N–H and O–H groups in total. The average molecular weight is 305 g/mol. The molecule has 2 heterocycles. The Hall–Kier alpha value is -1.43.